The summed E-state index contributed by atoms with van der Waals surface area (Å²) in [6.45, 7) is 2.44. The van der Waals surface area contributed by atoms with Crippen molar-refractivity contribution in [1.29, 1.82) is 0 Å². The van der Waals surface area contributed by atoms with Gasteiger partial charge in [0.05, 0.1) is 11.6 Å². The molecule has 2 N–H and O–H groups in total. The molecule has 0 atom stereocenters. The van der Waals surface area contributed by atoms with Crippen LogP contribution in [0.4, 0.5) is 5.69 Å². The lowest BCUT2D eigenvalue weighted by Gasteiger charge is -2.11. The molecule has 0 fully saturated rings. The Kier molecular flexibility index (Phi) is 4.32. The van der Waals surface area contributed by atoms with E-state index < -0.39 is 0 Å². The Morgan fingerprint density at radius 2 is 2.00 bits per heavy atom. The summed E-state index contributed by atoms with van der Waals surface area (Å²) in [5.74, 6) is 1.61. The molecule has 2 rings (SSSR count). The Morgan fingerprint density at radius 1 is 1.21 bits per heavy atom. The average molecular weight is 322 g/mol. The second kappa shape index (κ2) is 5.97. The molecule has 2 aromatic rings. The predicted octanol–water partition coefficient (Wildman–Crippen LogP) is 3.93. The van der Waals surface area contributed by atoms with Gasteiger partial charge in [-0.3, -0.25) is 0 Å². The number of aryl methyl sites for hydroxylation is 1. The van der Waals surface area contributed by atoms with E-state index in [0.717, 1.165) is 32.8 Å². The third kappa shape index (κ3) is 3.41. The van der Waals surface area contributed by atoms with Crippen LogP contribution in [0.2, 0.25) is 0 Å². The van der Waals surface area contributed by atoms with Crippen molar-refractivity contribution in [1.82, 2.24) is 0 Å². The van der Waals surface area contributed by atoms with Gasteiger partial charge >= 0.3 is 0 Å². The molecule has 0 aliphatic carbocycles. The third-order valence-corrected chi connectivity index (χ3v) is 3.47. The minimum Gasteiger partial charge on any atom is -0.497 e. The van der Waals surface area contributed by atoms with E-state index >= 15 is 0 Å². The van der Waals surface area contributed by atoms with E-state index in [0.29, 0.717) is 6.61 Å². The molecule has 0 amide bonds. The zero-order valence-electron chi connectivity index (χ0n) is 10.9. The molecule has 0 heterocycles. The Labute approximate surface area is 121 Å². The van der Waals surface area contributed by atoms with E-state index in [1.54, 1.807) is 7.11 Å². The number of hydrogen-bond acceptors (Lipinski definition) is 3. The van der Waals surface area contributed by atoms with Crippen molar-refractivity contribution in [2.24, 2.45) is 0 Å². The topological polar surface area (TPSA) is 44.5 Å². The number of nitrogen functional groups attached to an aromatic ring is 1. The van der Waals surface area contributed by atoms with Gasteiger partial charge in [-0.15, -0.1) is 0 Å². The summed E-state index contributed by atoms with van der Waals surface area (Å²) in [4.78, 5) is 0. The van der Waals surface area contributed by atoms with Crippen molar-refractivity contribution >= 4 is 21.6 Å². The quantitative estimate of drug-likeness (QED) is 0.868. The van der Waals surface area contributed by atoms with E-state index in [2.05, 4.69) is 15.9 Å². The molecule has 0 aromatic heterocycles. The number of hydrogen-bond donors (Lipinski definition) is 1. The zero-order valence-corrected chi connectivity index (χ0v) is 12.5. The van der Waals surface area contributed by atoms with Crippen LogP contribution in [0.5, 0.6) is 11.5 Å². The first-order valence-corrected chi connectivity index (χ1v) is 6.71. The van der Waals surface area contributed by atoms with Gasteiger partial charge in [-0.05, 0) is 58.2 Å². The van der Waals surface area contributed by atoms with Crippen LogP contribution in [-0.2, 0) is 6.61 Å². The summed E-state index contributed by atoms with van der Waals surface area (Å²) in [6.07, 6.45) is 0. The number of ether oxygens (including phenoxy) is 2. The summed E-state index contributed by atoms with van der Waals surface area (Å²) in [6, 6.07) is 11.6. The van der Waals surface area contributed by atoms with E-state index in [-0.39, 0.29) is 0 Å². The molecule has 0 bridgehead atoms. The minimum atomic E-state index is 0.485. The minimum absolute atomic E-state index is 0.485. The van der Waals surface area contributed by atoms with Gasteiger partial charge in [0.25, 0.3) is 0 Å². The lowest BCUT2D eigenvalue weighted by Crippen LogP contribution is -1.98. The first kappa shape index (κ1) is 13.7. The lowest BCUT2D eigenvalue weighted by atomic mass is 10.2. The highest BCUT2D eigenvalue weighted by Crippen LogP contribution is 2.30. The Bertz CT molecular complexity index is 584. The number of benzene rings is 2. The lowest BCUT2D eigenvalue weighted by molar-refractivity contribution is 0.303. The van der Waals surface area contributed by atoms with Crippen LogP contribution in [0.1, 0.15) is 11.1 Å². The Balaban J connectivity index is 2.12. The maximum Gasteiger partial charge on any atom is 0.134 e. The van der Waals surface area contributed by atoms with Gasteiger partial charge in [-0.25, -0.2) is 0 Å². The van der Waals surface area contributed by atoms with Gasteiger partial charge in [0, 0.05) is 5.69 Å². The van der Waals surface area contributed by atoms with Crippen LogP contribution in [-0.4, -0.2) is 7.11 Å². The number of methoxy groups -OCH3 is 1. The van der Waals surface area contributed by atoms with Gasteiger partial charge < -0.3 is 15.2 Å². The number of rotatable bonds is 4. The standard InChI is InChI=1S/C15H16BrNO2/c1-10-6-15(13(16)8-14(10)17)19-9-11-4-3-5-12(7-11)18-2/h3-8H,9,17H2,1-2H3. The average Bonchev–Trinajstić information content (AvgIpc) is 2.41. The number of anilines is 1. The summed E-state index contributed by atoms with van der Waals surface area (Å²) in [5, 5.41) is 0. The van der Waals surface area contributed by atoms with Gasteiger partial charge in [0.2, 0.25) is 0 Å². The van der Waals surface area contributed by atoms with Crippen LogP contribution >= 0.6 is 15.9 Å². The largest absolute Gasteiger partial charge is 0.497 e. The fourth-order valence-electron chi connectivity index (χ4n) is 1.70. The smallest absolute Gasteiger partial charge is 0.134 e. The van der Waals surface area contributed by atoms with E-state index in [4.69, 9.17) is 15.2 Å². The highest BCUT2D eigenvalue weighted by atomic mass is 79.9. The molecular formula is C15H16BrNO2. The molecule has 3 nitrogen and oxygen atoms in total. The van der Waals surface area contributed by atoms with Crippen molar-refractivity contribution in [3.8, 4) is 11.5 Å². The Hall–Kier alpha value is -1.68. The van der Waals surface area contributed by atoms with Crippen molar-refractivity contribution in [2.75, 3.05) is 12.8 Å². The van der Waals surface area contributed by atoms with Gasteiger partial charge in [0.15, 0.2) is 0 Å². The summed E-state index contributed by atoms with van der Waals surface area (Å²) in [7, 11) is 1.65. The molecule has 0 aliphatic heterocycles. The van der Waals surface area contributed by atoms with Gasteiger partial charge in [-0.1, -0.05) is 12.1 Å². The molecule has 0 saturated carbocycles. The van der Waals surface area contributed by atoms with Crippen LogP contribution in [0.25, 0.3) is 0 Å². The highest BCUT2D eigenvalue weighted by Gasteiger charge is 2.05. The summed E-state index contributed by atoms with van der Waals surface area (Å²) < 4.78 is 11.8. The van der Waals surface area contributed by atoms with Gasteiger partial charge in [-0.2, -0.15) is 0 Å². The SMILES string of the molecule is COc1cccc(COc2cc(C)c(N)cc2Br)c1. The molecule has 100 valence electrons. The predicted molar refractivity (Wildman–Crippen MR) is 80.6 cm³/mol. The first-order chi connectivity index (χ1) is 9.10. The maximum absolute atomic E-state index is 5.83. The third-order valence-electron chi connectivity index (χ3n) is 2.85. The highest BCUT2D eigenvalue weighted by molar-refractivity contribution is 9.10. The number of nitrogens with two attached hydrogens (primary N) is 1. The molecule has 0 saturated heterocycles. The van der Waals surface area contributed by atoms with Crippen LogP contribution in [0.3, 0.4) is 0 Å². The zero-order chi connectivity index (χ0) is 13.8. The molecular weight excluding hydrogens is 306 g/mol. The Morgan fingerprint density at radius 3 is 2.74 bits per heavy atom. The summed E-state index contributed by atoms with van der Waals surface area (Å²) >= 11 is 3.45. The molecule has 0 unspecified atom stereocenters. The van der Waals surface area contributed by atoms with Crippen molar-refractivity contribution in [3.05, 3.63) is 52.0 Å². The first-order valence-electron chi connectivity index (χ1n) is 5.91. The molecule has 2 aromatic carbocycles. The fraction of sp³-hybridized carbons (Fsp3) is 0.200. The number of halogens is 1. The molecule has 0 radical (unpaired) electrons. The molecule has 0 spiro atoms. The van der Waals surface area contributed by atoms with Gasteiger partial charge in [0.1, 0.15) is 18.1 Å². The van der Waals surface area contributed by atoms with E-state index in [1.807, 2.05) is 43.3 Å². The monoisotopic (exact) mass is 321 g/mol. The maximum atomic E-state index is 5.83. The van der Waals surface area contributed by atoms with Crippen LogP contribution in [0, 0.1) is 6.92 Å². The molecule has 0 aliphatic rings. The normalized spacial score (nSPS) is 10.3. The van der Waals surface area contributed by atoms with Crippen LogP contribution < -0.4 is 15.2 Å². The second-order valence-electron chi connectivity index (χ2n) is 4.28. The fourth-order valence-corrected chi connectivity index (χ4v) is 2.18. The van der Waals surface area contributed by atoms with Crippen molar-refractivity contribution in [3.63, 3.8) is 0 Å². The van der Waals surface area contributed by atoms with E-state index in [1.165, 1.54) is 0 Å². The molecule has 19 heavy (non-hydrogen) atoms. The van der Waals surface area contributed by atoms with Crippen molar-refractivity contribution in [2.45, 2.75) is 13.5 Å². The second-order valence-corrected chi connectivity index (χ2v) is 5.13. The molecule has 4 heteroatoms. The van der Waals surface area contributed by atoms with E-state index in [9.17, 15) is 0 Å². The van der Waals surface area contributed by atoms with Crippen molar-refractivity contribution < 1.29 is 9.47 Å². The van der Waals surface area contributed by atoms with Crippen LogP contribution in [0.15, 0.2) is 40.9 Å². The summed E-state index contributed by atoms with van der Waals surface area (Å²) in [5.41, 5.74) is 8.64.